The molecule has 0 atom stereocenters. The molecule has 1 aliphatic heterocycles. The molecule has 0 N–H and O–H groups in total. The van der Waals surface area contributed by atoms with Crippen molar-refractivity contribution in [1.82, 2.24) is 4.90 Å². The van der Waals surface area contributed by atoms with Gasteiger partial charge in [-0.05, 0) is 23.2 Å². The standard InChI is InChI=1S/C21H29NO3Si/c1-23-21(24-2,22-16-10-5-11-17-22)18-25-26(19-12-6-3-7-13-19)20-14-8-4-9-15-20/h3-4,6-9,12-15,26H,5,10-11,16-18H2,1-2H3. The van der Waals surface area contributed by atoms with Crippen molar-refractivity contribution in [3.63, 3.8) is 0 Å². The van der Waals surface area contributed by atoms with Gasteiger partial charge in [0, 0.05) is 27.3 Å². The Hall–Kier alpha value is -1.50. The highest BCUT2D eigenvalue weighted by atomic mass is 28.3. The molecule has 0 amide bonds. The van der Waals surface area contributed by atoms with Crippen molar-refractivity contribution >= 4 is 19.4 Å². The Morgan fingerprint density at radius 1 is 0.808 bits per heavy atom. The molecule has 0 saturated carbocycles. The molecule has 1 heterocycles. The van der Waals surface area contributed by atoms with Crippen LogP contribution in [0.2, 0.25) is 0 Å². The van der Waals surface area contributed by atoms with Crippen molar-refractivity contribution in [3.05, 3.63) is 60.7 Å². The van der Waals surface area contributed by atoms with Crippen LogP contribution in [-0.4, -0.2) is 53.8 Å². The van der Waals surface area contributed by atoms with Gasteiger partial charge in [-0.2, -0.15) is 0 Å². The molecule has 1 saturated heterocycles. The van der Waals surface area contributed by atoms with Gasteiger partial charge in [-0.15, -0.1) is 0 Å². The lowest BCUT2D eigenvalue weighted by Crippen LogP contribution is -2.59. The zero-order chi connectivity index (χ0) is 18.2. The summed E-state index contributed by atoms with van der Waals surface area (Å²) in [4.78, 5) is 2.28. The van der Waals surface area contributed by atoms with Gasteiger partial charge in [0.25, 0.3) is 5.91 Å². The van der Waals surface area contributed by atoms with Crippen LogP contribution in [0.3, 0.4) is 0 Å². The summed E-state index contributed by atoms with van der Waals surface area (Å²) in [6.07, 6.45) is 3.62. The molecule has 2 aromatic rings. The van der Waals surface area contributed by atoms with Crippen LogP contribution in [0.5, 0.6) is 0 Å². The minimum absolute atomic E-state index is 0.403. The molecule has 1 fully saturated rings. The first-order chi connectivity index (χ1) is 12.8. The summed E-state index contributed by atoms with van der Waals surface area (Å²) >= 11 is 0. The Bertz CT molecular complexity index is 603. The quantitative estimate of drug-likeness (QED) is 0.524. The first-order valence-corrected chi connectivity index (χ1v) is 11.0. The van der Waals surface area contributed by atoms with Crippen LogP contribution in [0.15, 0.2) is 60.7 Å². The molecule has 140 valence electrons. The van der Waals surface area contributed by atoms with Crippen molar-refractivity contribution in [2.45, 2.75) is 25.2 Å². The minimum atomic E-state index is -1.82. The molecule has 2 aromatic carbocycles. The van der Waals surface area contributed by atoms with Crippen LogP contribution in [0.25, 0.3) is 0 Å². The molecule has 3 rings (SSSR count). The van der Waals surface area contributed by atoms with E-state index in [0.29, 0.717) is 6.61 Å². The number of hydrogen-bond donors (Lipinski definition) is 0. The molecule has 0 unspecified atom stereocenters. The topological polar surface area (TPSA) is 30.9 Å². The fourth-order valence-corrected chi connectivity index (χ4v) is 5.91. The fraction of sp³-hybridized carbons (Fsp3) is 0.429. The number of nitrogens with zero attached hydrogens (tertiary/aromatic N) is 1. The fourth-order valence-electron chi connectivity index (χ4n) is 3.61. The van der Waals surface area contributed by atoms with Gasteiger partial charge in [-0.25, -0.2) is 0 Å². The average Bonchev–Trinajstić information content (AvgIpc) is 2.74. The lowest BCUT2D eigenvalue weighted by atomic mass is 10.1. The number of piperidine rings is 1. The Labute approximate surface area is 158 Å². The molecule has 5 heteroatoms. The summed E-state index contributed by atoms with van der Waals surface area (Å²) in [6.45, 7) is 2.36. The number of ether oxygens (including phenoxy) is 2. The van der Waals surface area contributed by atoms with Gasteiger partial charge in [0.1, 0.15) is 6.61 Å². The second-order valence-corrected chi connectivity index (χ2v) is 9.11. The van der Waals surface area contributed by atoms with E-state index in [4.69, 9.17) is 13.9 Å². The normalized spacial score (nSPS) is 16.1. The first kappa shape index (κ1) is 19.3. The molecule has 0 radical (unpaired) electrons. The van der Waals surface area contributed by atoms with Crippen molar-refractivity contribution in [1.29, 1.82) is 0 Å². The third-order valence-corrected chi connectivity index (χ3v) is 7.59. The van der Waals surface area contributed by atoms with Crippen molar-refractivity contribution in [2.24, 2.45) is 0 Å². The molecule has 0 bridgehead atoms. The Balaban J connectivity index is 1.81. The van der Waals surface area contributed by atoms with Crippen LogP contribution >= 0.6 is 0 Å². The van der Waals surface area contributed by atoms with E-state index in [-0.39, 0.29) is 0 Å². The molecule has 0 aromatic heterocycles. The average molecular weight is 372 g/mol. The molecule has 1 aliphatic rings. The van der Waals surface area contributed by atoms with Gasteiger partial charge in [0.15, 0.2) is 0 Å². The Morgan fingerprint density at radius 2 is 1.31 bits per heavy atom. The van der Waals surface area contributed by atoms with Gasteiger partial charge >= 0.3 is 0 Å². The van der Waals surface area contributed by atoms with E-state index in [1.54, 1.807) is 14.2 Å². The summed E-state index contributed by atoms with van der Waals surface area (Å²) in [5.74, 6) is -0.810. The number of rotatable bonds is 8. The van der Waals surface area contributed by atoms with E-state index >= 15 is 0 Å². The maximum absolute atomic E-state index is 6.56. The third kappa shape index (κ3) is 4.42. The van der Waals surface area contributed by atoms with Gasteiger partial charge in [-0.3, -0.25) is 4.90 Å². The second-order valence-electron chi connectivity index (χ2n) is 6.68. The lowest BCUT2D eigenvalue weighted by molar-refractivity contribution is -0.310. The van der Waals surface area contributed by atoms with Crippen molar-refractivity contribution < 1.29 is 13.9 Å². The summed E-state index contributed by atoms with van der Waals surface area (Å²) in [7, 11) is 1.60. The summed E-state index contributed by atoms with van der Waals surface area (Å²) < 4.78 is 18.3. The Morgan fingerprint density at radius 3 is 1.77 bits per heavy atom. The van der Waals surface area contributed by atoms with Gasteiger partial charge in [-0.1, -0.05) is 67.1 Å². The summed E-state index contributed by atoms with van der Waals surface area (Å²) in [5, 5.41) is 2.52. The summed E-state index contributed by atoms with van der Waals surface area (Å²) in [5.41, 5.74) is 0. The smallest absolute Gasteiger partial charge is 0.252 e. The predicted molar refractivity (Wildman–Crippen MR) is 107 cm³/mol. The van der Waals surface area contributed by atoms with Gasteiger partial charge in [0.05, 0.1) is 0 Å². The van der Waals surface area contributed by atoms with E-state index < -0.39 is 15.0 Å². The maximum atomic E-state index is 6.56. The third-order valence-electron chi connectivity index (χ3n) is 5.11. The molecule has 0 aliphatic carbocycles. The maximum Gasteiger partial charge on any atom is 0.252 e. The van der Waals surface area contributed by atoms with Crippen LogP contribution in [0, 0.1) is 0 Å². The van der Waals surface area contributed by atoms with E-state index in [1.807, 2.05) is 12.1 Å². The highest BCUT2D eigenvalue weighted by Crippen LogP contribution is 2.23. The van der Waals surface area contributed by atoms with E-state index in [2.05, 4.69) is 53.4 Å². The van der Waals surface area contributed by atoms with Gasteiger partial charge < -0.3 is 13.9 Å². The zero-order valence-corrected chi connectivity index (χ0v) is 16.9. The zero-order valence-electron chi connectivity index (χ0n) is 15.8. The van der Waals surface area contributed by atoms with Crippen LogP contribution < -0.4 is 10.4 Å². The predicted octanol–water partition coefficient (Wildman–Crippen LogP) is 1.97. The first-order valence-electron chi connectivity index (χ1n) is 9.36. The Kier molecular flexibility index (Phi) is 6.99. The van der Waals surface area contributed by atoms with Gasteiger partial charge in [0.2, 0.25) is 9.04 Å². The van der Waals surface area contributed by atoms with E-state index in [0.717, 1.165) is 13.1 Å². The molecular formula is C21H29NO3Si. The number of hydrogen-bond acceptors (Lipinski definition) is 4. The number of methoxy groups -OCH3 is 2. The van der Waals surface area contributed by atoms with Crippen molar-refractivity contribution in [3.8, 4) is 0 Å². The second kappa shape index (κ2) is 9.44. The van der Waals surface area contributed by atoms with E-state index in [9.17, 15) is 0 Å². The SMILES string of the molecule is COC(CO[SiH](c1ccccc1)c1ccccc1)(OC)N1CCCCC1. The van der Waals surface area contributed by atoms with Crippen LogP contribution in [-0.2, 0) is 13.9 Å². The summed E-state index contributed by atoms with van der Waals surface area (Å²) in [6, 6.07) is 21.0. The molecule has 4 nitrogen and oxygen atoms in total. The molecule has 26 heavy (non-hydrogen) atoms. The number of benzene rings is 2. The van der Waals surface area contributed by atoms with Crippen LogP contribution in [0.4, 0.5) is 0 Å². The highest BCUT2D eigenvalue weighted by Gasteiger charge is 2.39. The molecule has 0 spiro atoms. The lowest BCUT2D eigenvalue weighted by Gasteiger charge is -2.43. The largest absolute Gasteiger partial charge is 0.404 e. The monoisotopic (exact) mass is 371 g/mol. The van der Waals surface area contributed by atoms with E-state index in [1.165, 1.54) is 29.6 Å². The molecular weight excluding hydrogens is 342 g/mol. The van der Waals surface area contributed by atoms with Crippen molar-refractivity contribution in [2.75, 3.05) is 33.9 Å². The minimum Gasteiger partial charge on any atom is -0.404 e. The number of likely N-dealkylation sites (tertiary alicyclic amines) is 1. The highest BCUT2D eigenvalue weighted by molar-refractivity contribution is 6.80. The van der Waals surface area contributed by atoms with Crippen LogP contribution in [0.1, 0.15) is 19.3 Å².